The summed E-state index contributed by atoms with van der Waals surface area (Å²) in [5, 5.41) is 3.38. The molecular weight excluding hydrogens is 268 g/mol. The molecule has 21 heavy (non-hydrogen) atoms. The molecule has 0 unspecified atom stereocenters. The number of fused-ring (bicyclic) bond motifs is 1. The average Bonchev–Trinajstić information content (AvgIpc) is 2.54. The molecule has 1 N–H and O–H groups in total. The molecule has 2 aliphatic heterocycles. The third-order valence-corrected chi connectivity index (χ3v) is 4.09. The van der Waals surface area contributed by atoms with Gasteiger partial charge in [-0.2, -0.15) is 0 Å². The van der Waals surface area contributed by atoms with Crippen LogP contribution in [0.15, 0.2) is 24.3 Å². The Balaban J connectivity index is 1.58. The lowest BCUT2D eigenvalue weighted by Gasteiger charge is -2.31. The van der Waals surface area contributed by atoms with Gasteiger partial charge in [0, 0.05) is 13.6 Å². The van der Waals surface area contributed by atoms with Crippen molar-refractivity contribution >= 4 is 5.91 Å². The van der Waals surface area contributed by atoms with Gasteiger partial charge in [0.2, 0.25) is 6.10 Å². The number of rotatable bonds is 3. The summed E-state index contributed by atoms with van der Waals surface area (Å²) < 4.78 is 11.4. The Kier molecular flexibility index (Phi) is 4.29. The second-order valence-electron chi connectivity index (χ2n) is 5.80. The van der Waals surface area contributed by atoms with Crippen LogP contribution >= 0.6 is 0 Å². The normalized spacial score (nSPS) is 24.4. The monoisotopic (exact) mass is 290 g/mol. The Hall–Kier alpha value is -1.75. The van der Waals surface area contributed by atoms with E-state index >= 15 is 0 Å². The molecule has 0 spiro atoms. The summed E-state index contributed by atoms with van der Waals surface area (Å²) in [4.78, 5) is 14.3. The lowest BCUT2D eigenvalue weighted by Crippen LogP contribution is -2.47. The Labute approximate surface area is 125 Å². The zero-order valence-electron chi connectivity index (χ0n) is 12.4. The number of amides is 1. The Morgan fingerprint density at radius 1 is 1.38 bits per heavy atom. The van der Waals surface area contributed by atoms with Crippen LogP contribution in [0.5, 0.6) is 11.5 Å². The zero-order valence-corrected chi connectivity index (χ0v) is 12.4. The van der Waals surface area contributed by atoms with Crippen LogP contribution in [0.2, 0.25) is 0 Å². The van der Waals surface area contributed by atoms with Gasteiger partial charge in [0.15, 0.2) is 11.5 Å². The van der Waals surface area contributed by atoms with Crippen LogP contribution in [0.25, 0.3) is 0 Å². The van der Waals surface area contributed by atoms with E-state index in [-0.39, 0.29) is 12.5 Å². The van der Waals surface area contributed by atoms with E-state index in [9.17, 15) is 4.79 Å². The maximum Gasteiger partial charge on any atom is 0.267 e. The minimum atomic E-state index is -0.540. The van der Waals surface area contributed by atoms with Crippen molar-refractivity contribution in [3.05, 3.63) is 24.3 Å². The molecule has 0 radical (unpaired) electrons. The molecule has 114 valence electrons. The van der Waals surface area contributed by atoms with Crippen LogP contribution in [-0.2, 0) is 4.79 Å². The standard InChI is InChI=1S/C16H22N2O3/c1-18(10-12-5-4-8-17-9-12)16(19)15-11-20-13-6-2-3-7-14(13)21-15/h2-3,6-7,12,15,17H,4-5,8-11H2,1H3/t12-,15-/m0/s1. The predicted molar refractivity (Wildman–Crippen MR) is 79.6 cm³/mol. The average molecular weight is 290 g/mol. The first-order chi connectivity index (χ1) is 10.2. The van der Waals surface area contributed by atoms with Crippen molar-refractivity contribution < 1.29 is 14.3 Å². The summed E-state index contributed by atoms with van der Waals surface area (Å²) >= 11 is 0. The molecule has 1 saturated heterocycles. The predicted octanol–water partition coefficient (Wildman–Crippen LogP) is 1.28. The van der Waals surface area contributed by atoms with Crippen LogP contribution in [0.3, 0.4) is 0 Å². The number of carbonyl (C=O) groups is 1. The largest absolute Gasteiger partial charge is 0.485 e. The van der Waals surface area contributed by atoms with E-state index in [1.165, 1.54) is 12.8 Å². The van der Waals surface area contributed by atoms with Crippen molar-refractivity contribution in [3.8, 4) is 11.5 Å². The van der Waals surface area contributed by atoms with E-state index in [0.29, 0.717) is 17.4 Å². The van der Waals surface area contributed by atoms with Gasteiger partial charge in [0.1, 0.15) is 6.61 Å². The SMILES string of the molecule is CN(C[C@H]1CCCNC1)C(=O)[C@@H]1COc2ccccc2O1. The summed E-state index contributed by atoms with van der Waals surface area (Å²) in [5.41, 5.74) is 0. The molecule has 0 aromatic heterocycles. The molecule has 1 fully saturated rings. The van der Waals surface area contributed by atoms with Gasteiger partial charge in [-0.15, -0.1) is 0 Å². The second kappa shape index (κ2) is 6.35. The molecular formula is C16H22N2O3. The van der Waals surface area contributed by atoms with E-state index in [2.05, 4.69) is 5.32 Å². The Morgan fingerprint density at radius 2 is 2.19 bits per heavy atom. The van der Waals surface area contributed by atoms with Crippen molar-refractivity contribution in [2.45, 2.75) is 18.9 Å². The summed E-state index contributed by atoms with van der Waals surface area (Å²) in [6.45, 7) is 3.13. The highest BCUT2D eigenvalue weighted by atomic mass is 16.6. The van der Waals surface area contributed by atoms with Crippen LogP contribution < -0.4 is 14.8 Å². The molecule has 2 heterocycles. The smallest absolute Gasteiger partial charge is 0.267 e. The summed E-state index contributed by atoms with van der Waals surface area (Å²) in [5.74, 6) is 1.88. The molecule has 0 bridgehead atoms. The van der Waals surface area contributed by atoms with Crippen molar-refractivity contribution in [1.82, 2.24) is 10.2 Å². The molecule has 1 aromatic rings. The van der Waals surface area contributed by atoms with Gasteiger partial charge in [0.25, 0.3) is 5.91 Å². The number of nitrogens with zero attached hydrogens (tertiary/aromatic N) is 1. The minimum absolute atomic E-state index is 0.00456. The van der Waals surface area contributed by atoms with Gasteiger partial charge >= 0.3 is 0 Å². The van der Waals surface area contributed by atoms with Crippen molar-refractivity contribution in [2.75, 3.05) is 33.3 Å². The second-order valence-corrected chi connectivity index (χ2v) is 5.80. The number of benzene rings is 1. The maximum atomic E-state index is 12.5. The molecule has 5 nitrogen and oxygen atoms in total. The fourth-order valence-electron chi connectivity index (χ4n) is 2.94. The fraction of sp³-hybridized carbons (Fsp3) is 0.562. The number of ether oxygens (including phenoxy) is 2. The first-order valence-electron chi connectivity index (χ1n) is 7.58. The van der Waals surface area contributed by atoms with Gasteiger partial charge in [-0.25, -0.2) is 0 Å². The first-order valence-corrected chi connectivity index (χ1v) is 7.58. The Morgan fingerprint density at radius 3 is 2.95 bits per heavy atom. The molecule has 5 heteroatoms. The van der Waals surface area contributed by atoms with Crippen molar-refractivity contribution in [2.24, 2.45) is 5.92 Å². The number of para-hydroxylation sites is 2. The van der Waals surface area contributed by atoms with E-state index < -0.39 is 6.10 Å². The van der Waals surface area contributed by atoms with E-state index in [1.807, 2.05) is 31.3 Å². The highest BCUT2D eigenvalue weighted by Gasteiger charge is 2.30. The van der Waals surface area contributed by atoms with Gasteiger partial charge < -0.3 is 19.7 Å². The molecule has 2 aliphatic rings. The topological polar surface area (TPSA) is 50.8 Å². The Bertz CT molecular complexity index is 500. The van der Waals surface area contributed by atoms with Gasteiger partial charge in [0.05, 0.1) is 0 Å². The highest BCUT2D eigenvalue weighted by molar-refractivity contribution is 5.81. The van der Waals surface area contributed by atoms with Crippen LogP contribution in [0.4, 0.5) is 0 Å². The summed E-state index contributed by atoms with van der Waals surface area (Å²) in [6.07, 6.45) is 1.82. The van der Waals surface area contributed by atoms with Gasteiger partial charge in [-0.05, 0) is 44.0 Å². The molecule has 3 rings (SSSR count). The fourth-order valence-corrected chi connectivity index (χ4v) is 2.94. The summed E-state index contributed by atoms with van der Waals surface area (Å²) in [6, 6.07) is 7.46. The van der Waals surface area contributed by atoms with Crippen LogP contribution in [-0.4, -0.2) is 50.2 Å². The zero-order chi connectivity index (χ0) is 14.7. The molecule has 0 aliphatic carbocycles. The summed E-state index contributed by atoms with van der Waals surface area (Å²) in [7, 11) is 1.85. The number of hydrogen-bond acceptors (Lipinski definition) is 4. The number of piperidine rings is 1. The van der Waals surface area contributed by atoms with Crippen LogP contribution in [0.1, 0.15) is 12.8 Å². The maximum absolute atomic E-state index is 12.5. The lowest BCUT2D eigenvalue weighted by molar-refractivity contribution is -0.140. The van der Waals surface area contributed by atoms with E-state index in [1.54, 1.807) is 4.90 Å². The van der Waals surface area contributed by atoms with Crippen LogP contribution in [0, 0.1) is 5.92 Å². The molecule has 2 atom stereocenters. The number of hydrogen-bond donors (Lipinski definition) is 1. The molecule has 1 amide bonds. The third kappa shape index (κ3) is 3.29. The van der Waals surface area contributed by atoms with Gasteiger partial charge in [-0.1, -0.05) is 12.1 Å². The van der Waals surface area contributed by atoms with E-state index in [0.717, 1.165) is 19.6 Å². The molecule has 0 saturated carbocycles. The lowest BCUT2D eigenvalue weighted by atomic mass is 9.99. The third-order valence-electron chi connectivity index (χ3n) is 4.09. The highest BCUT2D eigenvalue weighted by Crippen LogP contribution is 2.31. The van der Waals surface area contributed by atoms with Crippen molar-refractivity contribution in [3.63, 3.8) is 0 Å². The quantitative estimate of drug-likeness (QED) is 0.911. The first kappa shape index (κ1) is 14.2. The minimum Gasteiger partial charge on any atom is -0.485 e. The molecule has 1 aromatic carbocycles. The van der Waals surface area contributed by atoms with Crippen molar-refractivity contribution in [1.29, 1.82) is 0 Å². The number of nitrogens with one attached hydrogen (secondary N) is 1. The number of carbonyl (C=O) groups excluding carboxylic acids is 1. The van der Waals surface area contributed by atoms with Gasteiger partial charge in [-0.3, -0.25) is 4.79 Å². The van der Waals surface area contributed by atoms with E-state index in [4.69, 9.17) is 9.47 Å². The number of likely N-dealkylation sites (N-methyl/N-ethyl adjacent to an activating group) is 1.